The maximum Gasteiger partial charge on any atom is 0.240 e. The zero-order valence-corrected chi connectivity index (χ0v) is 30.0. The van der Waals surface area contributed by atoms with Gasteiger partial charge in [0.2, 0.25) is 5.95 Å². The summed E-state index contributed by atoms with van der Waals surface area (Å²) >= 11 is 0. The van der Waals surface area contributed by atoms with Crippen LogP contribution < -0.4 is 0 Å². The first-order valence-electron chi connectivity index (χ1n) is 18.6. The molecule has 0 bridgehead atoms. The minimum absolute atomic E-state index is 0.461. The molecule has 0 aliphatic carbocycles. The van der Waals surface area contributed by atoms with Gasteiger partial charge in [-0.1, -0.05) is 133 Å². The molecule has 0 radical (unpaired) electrons. The van der Waals surface area contributed by atoms with Crippen LogP contribution in [-0.4, -0.2) is 34.1 Å². The van der Waals surface area contributed by atoms with E-state index in [4.69, 9.17) is 24.9 Å². The van der Waals surface area contributed by atoms with Gasteiger partial charge in [0, 0.05) is 39.2 Å². The molecule has 0 unspecified atom stereocenters. The van der Waals surface area contributed by atoms with Crippen molar-refractivity contribution in [3.8, 4) is 56.7 Å². The lowest BCUT2D eigenvalue weighted by molar-refractivity contribution is 0.944. The number of fused-ring (bicyclic) bond motifs is 6. The van der Waals surface area contributed by atoms with Crippen molar-refractivity contribution in [3.63, 3.8) is 0 Å². The number of pyridine rings is 2. The Bertz CT molecular complexity index is 3140. The predicted octanol–water partition coefficient (Wildman–Crippen LogP) is 11.5. The number of rotatable bonds is 6. The van der Waals surface area contributed by atoms with E-state index in [0.717, 1.165) is 77.4 Å². The Hall–Kier alpha value is -7.77. The van der Waals surface area contributed by atoms with Crippen molar-refractivity contribution in [3.05, 3.63) is 188 Å². The number of hydrogen-bond acceptors (Lipinski definition) is 5. The average Bonchev–Trinajstić information content (AvgIpc) is 3.78. The van der Waals surface area contributed by atoms with Gasteiger partial charge in [0.25, 0.3) is 0 Å². The van der Waals surface area contributed by atoms with Gasteiger partial charge in [-0.25, -0.2) is 9.97 Å². The third-order valence-electron chi connectivity index (χ3n) is 10.4. The van der Waals surface area contributed by atoms with Gasteiger partial charge >= 0.3 is 0 Å². The number of hydrogen-bond donors (Lipinski definition) is 0. The molecule has 0 saturated carbocycles. The highest BCUT2D eigenvalue weighted by Gasteiger charge is 2.23. The first-order chi connectivity index (χ1) is 27.8. The fraction of sp³-hybridized carbons (Fsp3) is 0. The summed E-state index contributed by atoms with van der Waals surface area (Å²) in [4.78, 5) is 26.1. The second kappa shape index (κ2) is 13.0. The first-order valence-corrected chi connectivity index (χ1v) is 18.6. The van der Waals surface area contributed by atoms with Gasteiger partial charge in [-0.3, -0.25) is 14.1 Å². The molecule has 5 aromatic heterocycles. The minimum atomic E-state index is 0.461. The normalized spacial score (nSPS) is 11.6. The molecule has 11 aromatic rings. The molecule has 6 aromatic carbocycles. The van der Waals surface area contributed by atoms with E-state index in [2.05, 4.69) is 162 Å². The van der Waals surface area contributed by atoms with E-state index in [9.17, 15) is 0 Å². The molecule has 0 N–H and O–H groups in total. The van der Waals surface area contributed by atoms with Crippen molar-refractivity contribution in [1.82, 2.24) is 34.1 Å². The van der Waals surface area contributed by atoms with E-state index in [1.807, 2.05) is 35.0 Å². The largest absolute Gasteiger partial charge is 0.294 e. The Morgan fingerprint density at radius 2 is 0.875 bits per heavy atom. The highest BCUT2D eigenvalue weighted by Crippen LogP contribution is 2.37. The van der Waals surface area contributed by atoms with Crippen LogP contribution in [0.4, 0.5) is 0 Å². The lowest BCUT2D eigenvalue weighted by Crippen LogP contribution is -2.07. The van der Waals surface area contributed by atoms with Crippen LogP contribution in [0.2, 0.25) is 0 Å². The molecule has 5 heterocycles. The van der Waals surface area contributed by atoms with Crippen molar-refractivity contribution >= 4 is 44.0 Å². The van der Waals surface area contributed by atoms with Crippen LogP contribution in [0, 0.1) is 0 Å². The van der Waals surface area contributed by atoms with Gasteiger partial charge in [-0.15, -0.1) is 0 Å². The first kappa shape index (κ1) is 31.7. The van der Waals surface area contributed by atoms with Gasteiger partial charge < -0.3 is 0 Å². The Morgan fingerprint density at radius 3 is 1.54 bits per heavy atom. The molecule has 0 aliphatic rings. The molecule has 262 valence electrons. The van der Waals surface area contributed by atoms with Gasteiger partial charge in [0.05, 0.1) is 16.6 Å². The monoisotopic (exact) mass is 717 g/mol. The fourth-order valence-electron chi connectivity index (χ4n) is 7.82. The standard InChI is InChI=1S/C49H31N7/c1-4-15-32(16-5-1)34-19-12-21-36(29-34)45-51-46(37-22-13-20-35(30-37)33-17-6-2-7-18-33)53-49(52-45)56-43-27-14-28-50-44(43)41-31-40-39-25-10-11-26-42(39)55(47(40)54-48(41)56)38-23-8-3-9-24-38/h1-31H. The number of aromatic nitrogens is 7. The summed E-state index contributed by atoms with van der Waals surface area (Å²) in [5.41, 5.74) is 11.5. The van der Waals surface area contributed by atoms with Crippen LogP contribution in [0.3, 0.4) is 0 Å². The summed E-state index contributed by atoms with van der Waals surface area (Å²) in [5, 5.41) is 3.10. The molecule has 56 heavy (non-hydrogen) atoms. The maximum atomic E-state index is 5.50. The van der Waals surface area contributed by atoms with Crippen LogP contribution in [0.15, 0.2) is 188 Å². The van der Waals surface area contributed by atoms with Crippen molar-refractivity contribution in [1.29, 1.82) is 0 Å². The summed E-state index contributed by atoms with van der Waals surface area (Å²) in [6.07, 6.45) is 1.83. The number of para-hydroxylation sites is 2. The quantitative estimate of drug-likeness (QED) is 0.171. The van der Waals surface area contributed by atoms with E-state index in [1.165, 1.54) is 0 Å². The van der Waals surface area contributed by atoms with Crippen LogP contribution in [0.1, 0.15) is 0 Å². The van der Waals surface area contributed by atoms with E-state index in [0.29, 0.717) is 23.2 Å². The van der Waals surface area contributed by atoms with Gasteiger partial charge in [0.1, 0.15) is 5.65 Å². The molecule has 0 fully saturated rings. The third kappa shape index (κ3) is 5.25. The van der Waals surface area contributed by atoms with Crippen LogP contribution >= 0.6 is 0 Å². The molecule has 0 spiro atoms. The van der Waals surface area contributed by atoms with Crippen LogP contribution in [0.5, 0.6) is 0 Å². The molecule has 0 atom stereocenters. The van der Waals surface area contributed by atoms with Gasteiger partial charge in [0.15, 0.2) is 17.3 Å². The molecule has 0 saturated heterocycles. The molecule has 0 amide bonds. The summed E-state index contributed by atoms with van der Waals surface area (Å²) in [6.45, 7) is 0. The van der Waals surface area contributed by atoms with Gasteiger partial charge in [-0.2, -0.15) is 9.97 Å². The van der Waals surface area contributed by atoms with E-state index >= 15 is 0 Å². The molecule has 7 heteroatoms. The zero-order chi connectivity index (χ0) is 37.0. The predicted molar refractivity (Wildman–Crippen MR) is 226 cm³/mol. The second-order valence-electron chi connectivity index (χ2n) is 13.8. The minimum Gasteiger partial charge on any atom is -0.294 e. The number of nitrogens with zero attached hydrogens (tertiary/aromatic N) is 7. The maximum absolute atomic E-state index is 5.50. The van der Waals surface area contributed by atoms with Crippen molar-refractivity contribution in [2.75, 3.05) is 0 Å². The Kier molecular flexibility index (Phi) is 7.35. The van der Waals surface area contributed by atoms with Crippen molar-refractivity contribution in [2.45, 2.75) is 0 Å². The highest BCUT2D eigenvalue weighted by molar-refractivity contribution is 6.15. The third-order valence-corrected chi connectivity index (χ3v) is 10.4. The fourth-order valence-corrected chi connectivity index (χ4v) is 7.82. The SMILES string of the molecule is c1ccc(-c2cccc(-c3nc(-c4cccc(-c5ccccc5)c4)nc(-n4c5cccnc5c5cc6c7ccccc7n(-c7ccccc7)c6nc54)n3)c2)cc1. The molecular weight excluding hydrogens is 687 g/mol. The lowest BCUT2D eigenvalue weighted by atomic mass is 10.0. The van der Waals surface area contributed by atoms with Crippen LogP contribution in [-0.2, 0) is 0 Å². The van der Waals surface area contributed by atoms with Gasteiger partial charge in [-0.05, 0) is 70.8 Å². The molecule has 7 nitrogen and oxygen atoms in total. The lowest BCUT2D eigenvalue weighted by Gasteiger charge is -2.12. The van der Waals surface area contributed by atoms with E-state index in [1.54, 1.807) is 0 Å². The topological polar surface area (TPSA) is 74.3 Å². The summed E-state index contributed by atoms with van der Waals surface area (Å²) in [5.74, 6) is 1.58. The number of benzene rings is 6. The molecular formula is C49H31N7. The van der Waals surface area contributed by atoms with E-state index in [-0.39, 0.29) is 0 Å². The Balaban J connectivity index is 1.20. The summed E-state index contributed by atoms with van der Waals surface area (Å²) < 4.78 is 4.27. The van der Waals surface area contributed by atoms with E-state index < -0.39 is 0 Å². The molecule has 11 rings (SSSR count). The van der Waals surface area contributed by atoms with Crippen molar-refractivity contribution in [2.24, 2.45) is 0 Å². The summed E-state index contributed by atoms with van der Waals surface area (Å²) in [6, 6.07) is 62.6. The smallest absolute Gasteiger partial charge is 0.240 e. The Labute approximate surface area is 321 Å². The zero-order valence-electron chi connectivity index (χ0n) is 30.0. The summed E-state index contributed by atoms with van der Waals surface area (Å²) in [7, 11) is 0. The average molecular weight is 718 g/mol. The second-order valence-corrected chi connectivity index (χ2v) is 13.8. The van der Waals surface area contributed by atoms with Crippen molar-refractivity contribution < 1.29 is 0 Å². The van der Waals surface area contributed by atoms with Crippen LogP contribution in [0.25, 0.3) is 101 Å². The Morgan fingerprint density at radius 1 is 0.339 bits per heavy atom. The highest BCUT2D eigenvalue weighted by atomic mass is 15.2. The molecule has 0 aliphatic heterocycles.